The van der Waals surface area contributed by atoms with Gasteiger partial charge in [0.2, 0.25) is 5.91 Å². The van der Waals surface area contributed by atoms with Crippen molar-refractivity contribution in [2.75, 3.05) is 11.1 Å². The highest BCUT2D eigenvalue weighted by Gasteiger charge is 2.27. The number of amides is 2. The maximum absolute atomic E-state index is 13.0. The summed E-state index contributed by atoms with van der Waals surface area (Å²) in [5.41, 5.74) is 0.636. The number of carbonyl (C=O) groups is 2. The van der Waals surface area contributed by atoms with Crippen LogP contribution < -0.4 is 10.6 Å². The number of thioether (sulfide) groups is 1. The van der Waals surface area contributed by atoms with Crippen LogP contribution in [0, 0.1) is 5.92 Å². The molecule has 196 valence electrons. The number of carbonyl (C=O) groups excluding carboxylic acids is 2. The van der Waals surface area contributed by atoms with E-state index in [0.717, 1.165) is 0 Å². The summed E-state index contributed by atoms with van der Waals surface area (Å²) < 4.78 is 1.80. The molecule has 0 saturated carbocycles. The molecule has 1 atom stereocenters. The number of aromatic nitrogens is 3. The molecule has 0 bridgehead atoms. The van der Waals surface area contributed by atoms with Crippen LogP contribution in [0.15, 0.2) is 48.1 Å². The first-order valence-electron chi connectivity index (χ1n) is 10.9. The number of nitrogens with one attached hydrogen (secondary N) is 2. The number of allylic oxidation sites excluding steroid dienone is 1. The zero-order valence-electron chi connectivity index (χ0n) is 19.7. The standard InChI is InChI=1S/C24H22Cl5N5O2S/c1-4-7-34-22(21(12(2)3)31-23(36)14-6-5-13(25)8-15(14)26)32-33-24(34)37-11-20(35)30-19-10-17(28)16(27)9-18(19)29/h4-6,8-10,12,21H,1,7,11H2,2-3H3,(H,30,35)(H,31,36)/t21-/m0/s1. The maximum Gasteiger partial charge on any atom is 0.253 e. The molecule has 0 radical (unpaired) electrons. The zero-order valence-corrected chi connectivity index (χ0v) is 24.3. The molecular weight excluding hydrogens is 600 g/mol. The van der Waals surface area contributed by atoms with Crippen molar-refractivity contribution in [3.8, 4) is 0 Å². The summed E-state index contributed by atoms with van der Waals surface area (Å²) in [4.78, 5) is 25.6. The van der Waals surface area contributed by atoms with Crippen molar-refractivity contribution in [2.45, 2.75) is 31.6 Å². The molecule has 0 aliphatic carbocycles. The van der Waals surface area contributed by atoms with Gasteiger partial charge in [0.05, 0.1) is 43.1 Å². The normalized spacial score (nSPS) is 11.9. The predicted molar refractivity (Wildman–Crippen MR) is 153 cm³/mol. The highest BCUT2D eigenvalue weighted by Crippen LogP contribution is 2.33. The second-order valence-electron chi connectivity index (χ2n) is 8.14. The van der Waals surface area contributed by atoms with Crippen molar-refractivity contribution in [1.29, 1.82) is 0 Å². The van der Waals surface area contributed by atoms with Crippen molar-refractivity contribution in [1.82, 2.24) is 20.1 Å². The lowest BCUT2D eigenvalue weighted by Crippen LogP contribution is -2.34. The maximum atomic E-state index is 13.0. The minimum atomic E-state index is -0.495. The lowest BCUT2D eigenvalue weighted by Gasteiger charge is -2.23. The van der Waals surface area contributed by atoms with E-state index in [1.54, 1.807) is 22.8 Å². The van der Waals surface area contributed by atoms with Crippen LogP contribution in [0.25, 0.3) is 0 Å². The molecular formula is C24H22Cl5N5O2S. The molecule has 0 fully saturated rings. The molecule has 0 aliphatic heterocycles. The fourth-order valence-corrected chi connectivity index (χ4v) is 5.14. The van der Waals surface area contributed by atoms with Gasteiger partial charge in [-0.25, -0.2) is 0 Å². The van der Waals surface area contributed by atoms with Gasteiger partial charge in [0.15, 0.2) is 11.0 Å². The zero-order chi connectivity index (χ0) is 27.3. The summed E-state index contributed by atoms with van der Waals surface area (Å²) in [7, 11) is 0. The molecule has 13 heteroatoms. The molecule has 2 amide bonds. The molecule has 0 aliphatic rings. The van der Waals surface area contributed by atoms with Crippen molar-refractivity contribution >= 4 is 87.3 Å². The van der Waals surface area contributed by atoms with Gasteiger partial charge in [-0.3, -0.25) is 9.59 Å². The Labute approximate surface area is 243 Å². The molecule has 2 aromatic carbocycles. The third-order valence-electron chi connectivity index (χ3n) is 5.08. The Morgan fingerprint density at radius 2 is 1.73 bits per heavy atom. The minimum absolute atomic E-state index is 0.0188. The molecule has 0 unspecified atom stereocenters. The fraction of sp³-hybridized carbons (Fsp3) is 0.250. The van der Waals surface area contributed by atoms with E-state index in [9.17, 15) is 9.59 Å². The molecule has 0 spiro atoms. The molecule has 3 rings (SSSR count). The van der Waals surface area contributed by atoms with Gasteiger partial charge < -0.3 is 15.2 Å². The van der Waals surface area contributed by atoms with Gasteiger partial charge in [-0.1, -0.05) is 89.7 Å². The highest BCUT2D eigenvalue weighted by atomic mass is 35.5. The summed E-state index contributed by atoms with van der Waals surface area (Å²) in [5.74, 6) is -0.207. The summed E-state index contributed by atoms with van der Waals surface area (Å²) in [6.07, 6.45) is 1.68. The second-order valence-corrected chi connectivity index (χ2v) is 11.2. The number of rotatable bonds is 10. The van der Waals surface area contributed by atoms with Crippen LogP contribution in [0.2, 0.25) is 25.1 Å². The van der Waals surface area contributed by atoms with Gasteiger partial charge in [-0.15, -0.1) is 16.8 Å². The molecule has 1 heterocycles. The Hall–Kier alpha value is -1.94. The SMILES string of the molecule is C=CCn1c(SCC(=O)Nc2cc(Cl)c(Cl)cc2Cl)nnc1[C@@H](NC(=O)c1ccc(Cl)cc1Cl)C(C)C. The first-order valence-corrected chi connectivity index (χ1v) is 13.8. The van der Waals surface area contributed by atoms with Crippen LogP contribution >= 0.6 is 69.8 Å². The van der Waals surface area contributed by atoms with E-state index in [0.29, 0.717) is 33.8 Å². The molecule has 7 nitrogen and oxygen atoms in total. The van der Waals surface area contributed by atoms with Crippen molar-refractivity contribution in [2.24, 2.45) is 5.92 Å². The molecule has 2 N–H and O–H groups in total. The first kappa shape index (κ1) is 29.6. The van der Waals surface area contributed by atoms with Crippen LogP contribution in [0.4, 0.5) is 5.69 Å². The summed E-state index contributed by atoms with van der Waals surface area (Å²) in [6.45, 7) is 8.07. The van der Waals surface area contributed by atoms with Crippen molar-refractivity contribution in [3.63, 3.8) is 0 Å². The summed E-state index contributed by atoms with van der Waals surface area (Å²) in [6, 6.07) is 7.11. The van der Waals surface area contributed by atoms with E-state index in [1.165, 1.54) is 30.0 Å². The van der Waals surface area contributed by atoms with E-state index in [4.69, 9.17) is 58.0 Å². The Kier molecular flexibility index (Phi) is 10.6. The number of hydrogen-bond donors (Lipinski definition) is 2. The first-order chi connectivity index (χ1) is 17.5. The summed E-state index contributed by atoms with van der Waals surface area (Å²) in [5, 5.41) is 16.3. The Bertz CT molecular complexity index is 1330. The summed E-state index contributed by atoms with van der Waals surface area (Å²) >= 11 is 31.5. The van der Waals surface area contributed by atoms with Gasteiger partial charge in [-0.05, 0) is 36.2 Å². The quantitative estimate of drug-likeness (QED) is 0.138. The van der Waals surface area contributed by atoms with Gasteiger partial charge in [0.1, 0.15) is 0 Å². The van der Waals surface area contributed by atoms with Gasteiger partial charge >= 0.3 is 0 Å². The van der Waals surface area contributed by atoms with Gasteiger partial charge in [0.25, 0.3) is 5.91 Å². The molecule has 3 aromatic rings. The Balaban J connectivity index is 1.78. The lowest BCUT2D eigenvalue weighted by atomic mass is 10.0. The highest BCUT2D eigenvalue weighted by molar-refractivity contribution is 7.99. The number of hydrogen-bond acceptors (Lipinski definition) is 5. The largest absolute Gasteiger partial charge is 0.342 e. The van der Waals surface area contributed by atoms with Crippen molar-refractivity contribution in [3.05, 3.63) is 79.5 Å². The van der Waals surface area contributed by atoms with Gasteiger partial charge in [0, 0.05) is 11.6 Å². The van der Waals surface area contributed by atoms with Crippen LogP contribution in [-0.4, -0.2) is 32.3 Å². The average molecular weight is 622 g/mol. The topological polar surface area (TPSA) is 88.9 Å². The monoisotopic (exact) mass is 619 g/mol. The average Bonchev–Trinajstić information content (AvgIpc) is 3.21. The smallest absolute Gasteiger partial charge is 0.253 e. The predicted octanol–water partition coefficient (Wildman–Crippen LogP) is 7.59. The second kappa shape index (κ2) is 13.2. The Morgan fingerprint density at radius 3 is 2.38 bits per heavy atom. The molecule has 1 aromatic heterocycles. The van der Waals surface area contributed by atoms with E-state index in [2.05, 4.69) is 27.4 Å². The molecule has 37 heavy (non-hydrogen) atoms. The number of anilines is 1. The third-order valence-corrected chi connectivity index (χ3v) is 7.63. The molecule has 0 saturated heterocycles. The minimum Gasteiger partial charge on any atom is -0.342 e. The lowest BCUT2D eigenvalue weighted by molar-refractivity contribution is -0.113. The van der Waals surface area contributed by atoms with E-state index in [1.807, 2.05) is 13.8 Å². The van der Waals surface area contributed by atoms with Crippen LogP contribution in [-0.2, 0) is 11.3 Å². The Morgan fingerprint density at radius 1 is 1.03 bits per heavy atom. The fourth-order valence-electron chi connectivity index (χ4n) is 3.29. The van der Waals surface area contributed by atoms with E-state index < -0.39 is 6.04 Å². The van der Waals surface area contributed by atoms with E-state index in [-0.39, 0.29) is 43.6 Å². The number of nitrogens with zero attached hydrogens (tertiary/aromatic N) is 3. The van der Waals surface area contributed by atoms with Crippen LogP contribution in [0.5, 0.6) is 0 Å². The van der Waals surface area contributed by atoms with Crippen LogP contribution in [0.1, 0.15) is 36.1 Å². The number of benzene rings is 2. The van der Waals surface area contributed by atoms with Gasteiger partial charge in [-0.2, -0.15) is 0 Å². The van der Waals surface area contributed by atoms with E-state index >= 15 is 0 Å². The van der Waals surface area contributed by atoms with Crippen molar-refractivity contribution < 1.29 is 9.59 Å². The van der Waals surface area contributed by atoms with Crippen LogP contribution in [0.3, 0.4) is 0 Å². The third kappa shape index (κ3) is 7.56. The number of halogens is 5.